The van der Waals surface area contributed by atoms with Crippen LogP contribution in [0.5, 0.6) is 11.5 Å². The topological polar surface area (TPSA) is 67.9 Å². The summed E-state index contributed by atoms with van der Waals surface area (Å²) < 4.78 is 24.1. The summed E-state index contributed by atoms with van der Waals surface area (Å²) in [7, 11) is 1.50. The molecule has 0 saturated heterocycles. The van der Waals surface area contributed by atoms with Crippen LogP contribution in [0.25, 0.3) is 5.57 Å². The Kier molecular flexibility index (Phi) is 6.33. The predicted octanol–water partition coefficient (Wildman–Crippen LogP) is 5.28. The number of anilines is 2. The van der Waals surface area contributed by atoms with Gasteiger partial charge in [0, 0.05) is 5.69 Å². The van der Waals surface area contributed by atoms with Crippen LogP contribution in [0.4, 0.5) is 15.8 Å². The van der Waals surface area contributed by atoms with Crippen molar-refractivity contribution in [1.29, 1.82) is 0 Å². The minimum absolute atomic E-state index is 0.0572. The van der Waals surface area contributed by atoms with E-state index in [-0.39, 0.29) is 11.3 Å². The Balaban J connectivity index is 1.76. The molecular formula is C25H20ClFN2O4. The van der Waals surface area contributed by atoms with Gasteiger partial charge in [-0.05, 0) is 67.1 Å². The molecule has 0 fully saturated rings. The number of amides is 2. The molecule has 1 N–H and O–H groups in total. The fraction of sp³-hybridized carbons (Fsp3) is 0.120. The number of benzene rings is 3. The molecule has 0 spiro atoms. The van der Waals surface area contributed by atoms with Crippen molar-refractivity contribution in [1.82, 2.24) is 0 Å². The monoisotopic (exact) mass is 466 g/mol. The number of ether oxygens (including phenoxy) is 2. The van der Waals surface area contributed by atoms with Gasteiger partial charge in [-0.2, -0.15) is 0 Å². The Labute approximate surface area is 195 Å². The van der Waals surface area contributed by atoms with Crippen LogP contribution in [-0.4, -0.2) is 25.5 Å². The minimum Gasteiger partial charge on any atom is -0.495 e. The Morgan fingerprint density at radius 3 is 2.27 bits per heavy atom. The van der Waals surface area contributed by atoms with Crippen LogP contribution < -0.4 is 19.7 Å². The number of methoxy groups -OCH3 is 1. The second-order valence-corrected chi connectivity index (χ2v) is 7.51. The van der Waals surface area contributed by atoms with Crippen molar-refractivity contribution < 1.29 is 23.5 Å². The van der Waals surface area contributed by atoms with E-state index in [0.717, 1.165) is 4.90 Å². The lowest BCUT2D eigenvalue weighted by atomic mass is 10.0. The molecule has 33 heavy (non-hydrogen) atoms. The van der Waals surface area contributed by atoms with Gasteiger partial charge in [0.1, 0.15) is 23.0 Å². The Bertz CT molecular complexity index is 1240. The number of carbonyl (C=O) groups is 2. The number of nitrogens with zero attached hydrogens (tertiary/aromatic N) is 1. The van der Waals surface area contributed by atoms with E-state index in [4.69, 9.17) is 21.1 Å². The number of carbonyl (C=O) groups excluding carboxylic acids is 2. The summed E-state index contributed by atoms with van der Waals surface area (Å²) >= 11 is 6.22. The fourth-order valence-corrected chi connectivity index (χ4v) is 3.77. The maximum Gasteiger partial charge on any atom is 0.282 e. The molecule has 3 aromatic rings. The van der Waals surface area contributed by atoms with Gasteiger partial charge in [-0.1, -0.05) is 23.7 Å². The third kappa shape index (κ3) is 4.40. The molecule has 0 saturated carbocycles. The van der Waals surface area contributed by atoms with Crippen LogP contribution in [0, 0.1) is 5.82 Å². The molecule has 1 aliphatic rings. The largest absolute Gasteiger partial charge is 0.495 e. The molecule has 2 amide bonds. The molecule has 0 radical (unpaired) electrons. The summed E-state index contributed by atoms with van der Waals surface area (Å²) in [6.45, 7) is 2.36. The molecule has 168 valence electrons. The fourth-order valence-electron chi connectivity index (χ4n) is 3.51. The van der Waals surface area contributed by atoms with Gasteiger partial charge in [-0.25, -0.2) is 9.29 Å². The minimum atomic E-state index is -0.546. The highest BCUT2D eigenvalue weighted by molar-refractivity contribution is 6.46. The van der Waals surface area contributed by atoms with E-state index >= 15 is 0 Å². The molecule has 1 aliphatic heterocycles. The van der Waals surface area contributed by atoms with Crippen LogP contribution in [0.15, 0.2) is 72.4 Å². The third-order valence-electron chi connectivity index (χ3n) is 5.04. The first kappa shape index (κ1) is 22.4. The van der Waals surface area contributed by atoms with Crippen molar-refractivity contribution in [2.24, 2.45) is 0 Å². The zero-order valence-electron chi connectivity index (χ0n) is 17.9. The van der Waals surface area contributed by atoms with Crippen LogP contribution in [0.1, 0.15) is 12.5 Å². The van der Waals surface area contributed by atoms with E-state index in [9.17, 15) is 14.0 Å². The van der Waals surface area contributed by atoms with E-state index in [1.54, 1.807) is 42.5 Å². The average Bonchev–Trinajstić information content (AvgIpc) is 3.05. The van der Waals surface area contributed by atoms with Gasteiger partial charge < -0.3 is 14.8 Å². The highest BCUT2D eigenvalue weighted by Gasteiger charge is 2.40. The van der Waals surface area contributed by atoms with Gasteiger partial charge in [-0.3, -0.25) is 9.59 Å². The summed E-state index contributed by atoms with van der Waals surface area (Å²) in [6, 6.07) is 17.0. The first-order valence-corrected chi connectivity index (χ1v) is 10.5. The van der Waals surface area contributed by atoms with E-state index < -0.39 is 17.6 Å². The second kappa shape index (κ2) is 9.34. The first-order valence-electron chi connectivity index (χ1n) is 10.2. The van der Waals surface area contributed by atoms with E-state index in [1.165, 1.54) is 31.4 Å². The Morgan fingerprint density at radius 2 is 1.67 bits per heavy atom. The van der Waals surface area contributed by atoms with Crippen molar-refractivity contribution in [3.63, 3.8) is 0 Å². The van der Waals surface area contributed by atoms with Crippen LogP contribution in [0.2, 0.25) is 5.02 Å². The molecule has 0 unspecified atom stereocenters. The number of imide groups is 1. The van der Waals surface area contributed by atoms with Gasteiger partial charge >= 0.3 is 0 Å². The lowest BCUT2D eigenvalue weighted by Crippen LogP contribution is -2.32. The third-order valence-corrected chi connectivity index (χ3v) is 5.34. The van der Waals surface area contributed by atoms with Gasteiger partial charge in [0.05, 0.1) is 30.0 Å². The quantitative estimate of drug-likeness (QED) is 0.480. The van der Waals surface area contributed by atoms with Gasteiger partial charge in [0.15, 0.2) is 0 Å². The SMILES string of the molecule is CCOc1ccc(N2C(=O)C(Nc3ccc(OC)c(Cl)c3)=C(c3ccc(F)cc3)C2=O)cc1. The molecule has 0 aromatic heterocycles. The standard InChI is InChI=1S/C25H20ClFN2O4/c1-3-33-19-11-9-18(10-12-19)29-24(30)22(15-4-6-16(27)7-5-15)23(25(29)31)28-17-8-13-21(32-2)20(26)14-17/h4-14,28H,3H2,1-2H3. The summed E-state index contributed by atoms with van der Waals surface area (Å²) in [4.78, 5) is 27.9. The number of rotatable bonds is 7. The molecular weight excluding hydrogens is 447 g/mol. The van der Waals surface area contributed by atoms with Crippen molar-refractivity contribution in [2.75, 3.05) is 23.9 Å². The van der Waals surface area contributed by atoms with Crippen LogP contribution >= 0.6 is 11.6 Å². The van der Waals surface area contributed by atoms with E-state index in [0.29, 0.717) is 40.1 Å². The number of halogens is 2. The zero-order chi connectivity index (χ0) is 23.5. The maximum absolute atomic E-state index is 13.5. The highest BCUT2D eigenvalue weighted by Crippen LogP contribution is 2.35. The summed E-state index contributed by atoms with van der Waals surface area (Å²) in [6.07, 6.45) is 0. The van der Waals surface area contributed by atoms with Crippen molar-refractivity contribution in [2.45, 2.75) is 6.92 Å². The van der Waals surface area contributed by atoms with Crippen LogP contribution in [-0.2, 0) is 9.59 Å². The lowest BCUT2D eigenvalue weighted by molar-refractivity contribution is -0.120. The maximum atomic E-state index is 13.5. The molecule has 0 bridgehead atoms. The van der Waals surface area contributed by atoms with Crippen molar-refractivity contribution >= 4 is 40.4 Å². The molecule has 3 aromatic carbocycles. The normalized spacial score (nSPS) is 13.5. The van der Waals surface area contributed by atoms with Gasteiger partial charge in [-0.15, -0.1) is 0 Å². The van der Waals surface area contributed by atoms with Gasteiger partial charge in [0.25, 0.3) is 11.8 Å². The number of hydrogen-bond donors (Lipinski definition) is 1. The summed E-state index contributed by atoms with van der Waals surface area (Å²) in [5.74, 6) is -0.428. The Hall–Kier alpha value is -3.84. The summed E-state index contributed by atoms with van der Waals surface area (Å²) in [5, 5.41) is 3.36. The molecule has 0 atom stereocenters. The van der Waals surface area contributed by atoms with Crippen molar-refractivity contribution in [3.8, 4) is 11.5 Å². The highest BCUT2D eigenvalue weighted by atomic mass is 35.5. The first-order chi connectivity index (χ1) is 15.9. The van der Waals surface area contributed by atoms with Crippen LogP contribution in [0.3, 0.4) is 0 Å². The Morgan fingerprint density at radius 1 is 0.970 bits per heavy atom. The molecule has 4 rings (SSSR count). The predicted molar refractivity (Wildman–Crippen MR) is 125 cm³/mol. The lowest BCUT2D eigenvalue weighted by Gasteiger charge is -2.16. The number of nitrogens with one attached hydrogen (secondary N) is 1. The smallest absolute Gasteiger partial charge is 0.282 e. The molecule has 0 aliphatic carbocycles. The average molecular weight is 467 g/mol. The van der Waals surface area contributed by atoms with E-state index in [1.807, 2.05) is 6.92 Å². The zero-order valence-corrected chi connectivity index (χ0v) is 18.7. The number of hydrogen-bond acceptors (Lipinski definition) is 5. The summed E-state index contributed by atoms with van der Waals surface area (Å²) in [5.41, 5.74) is 1.47. The van der Waals surface area contributed by atoms with E-state index in [2.05, 4.69) is 5.32 Å². The van der Waals surface area contributed by atoms with Gasteiger partial charge in [0.2, 0.25) is 0 Å². The molecule has 6 nitrogen and oxygen atoms in total. The molecule has 1 heterocycles. The molecule has 8 heteroatoms. The van der Waals surface area contributed by atoms with Crippen molar-refractivity contribution in [3.05, 3.63) is 88.8 Å². The second-order valence-electron chi connectivity index (χ2n) is 7.10.